The Morgan fingerprint density at radius 3 is 2.90 bits per heavy atom. The van der Waals surface area contributed by atoms with E-state index >= 15 is 0 Å². The molecule has 2 atom stereocenters. The van der Waals surface area contributed by atoms with Gasteiger partial charge in [-0.05, 0) is 38.6 Å². The van der Waals surface area contributed by atoms with Gasteiger partial charge in [-0.2, -0.15) is 0 Å². The summed E-state index contributed by atoms with van der Waals surface area (Å²) in [5, 5.41) is 0.206. The molecule has 0 aromatic heterocycles. The Hall–Kier alpha value is -0.680. The summed E-state index contributed by atoms with van der Waals surface area (Å²) in [7, 11) is 4.27. The number of hydrogen-bond donors (Lipinski definition) is 1. The van der Waals surface area contributed by atoms with Gasteiger partial charge in [-0.15, -0.1) is 0 Å². The maximum atomic E-state index is 13.4. The molecular formula is C15H23ClFN3. The first-order valence-corrected chi connectivity index (χ1v) is 7.42. The summed E-state index contributed by atoms with van der Waals surface area (Å²) in [6.45, 7) is 3.19. The van der Waals surface area contributed by atoms with E-state index in [-0.39, 0.29) is 16.9 Å². The smallest absolute Gasteiger partial charge is 0.142 e. The Bertz CT molecular complexity index is 455. The van der Waals surface area contributed by atoms with Crippen molar-refractivity contribution in [3.05, 3.63) is 34.6 Å². The van der Waals surface area contributed by atoms with Gasteiger partial charge in [0.15, 0.2) is 0 Å². The maximum absolute atomic E-state index is 13.4. The van der Waals surface area contributed by atoms with Gasteiger partial charge >= 0.3 is 0 Å². The minimum atomic E-state index is -0.370. The van der Waals surface area contributed by atoms with E-state index in [1.807, 2.05) is 6.07 Å². The normalized spacial score (nSPS) is 22.9. The van der Waals surface area contributed by atoms with Crippen LogP contribution in [-0.4, -0.2) is 55.6 Å². The number of benzene rings is 1. The van der Waals surface area contributed by atoms with Crippen molar-refractivity contribution in [3.63, 3.8) is 0 Å². The molecule has 1 aromatic rings. The number of halogens is 2. The zero-order chi connectivity index (χ0) is 14.7. The molecule has 1 saturated heterocycles. The van der Waals surface area contributed by atoms with Crippen LogP contribution < -0.4 is 5.73 Å². The third-order valence-electron chi connectivity index (χ3n) is 4.07. The van der Waals surface area contributed by atoms with Crippen LogP contribution in [0.5, 0.6) is 0 Å². The molecule has 112 valence electrons. The Morgan fingerprint density at radius 2 is 2.15 bits per heavy atom. The molecule has 1 aliphatic rings. The predicted octanol–water partition coefficient (Wildman–Crippen LogP) is 1.98. The maximum Gasteiger partial charge on any atom is 0.142 e. The second kappa shape index (κ2) is 6.85. The van der Waals surface area contributed by atoms with Crippen molar-refractivity contribution in [2.75, 3.05) is 33.7 Å². The highest BCUT2D eigenvalue weighted by Gasteiger charge is 2.24. The van der Waals surface area contributed by atoms with Crippen LogP contribution in [0.25, 0.3) is 0 Å². The van der Waals surface area contributed by atoms with Crippen LogP contribution in [-0.2, 0) is 6.42 Å². The van der Waals surface area contributed by atoms with Crippen LogP contribution in [0, 0.1) is 5.82 Å². The van der Waals surface area contributed by atoms with Gasteiger partial charge in [-0.25, -0.2) is 4.39 Å². The number of nitrogens with zero attached hydrogens (tertiary/aromatic N) is 2. The van der Waals surface area contributed by atoms with Crippen molar-refractivity contribution in [1.82, 2.24) is 9.80 Å². The Morgan fingerprint density at radius 1 is 1.40 bits per heavy atom. The first-order chi connectivity index (χ1) is 9.47. The van der Waals surface area contributed by atoms with Crippen LogP contribution >= 0.6 is 11.6 Å². The van der Waals surface area contributed by atoms with Crippen molar-refractivity contribution in [2.45, 2.75) is 24.9 Å². The zero-order valence-electron chi connectivity index (χ0n) is 12.1. The second-order valence-corrected chi connectivity index (χ2v) is 6.19. The van der Waals surface area contributed by atoms with Gasteiger partial charge < -0.3 is 15.5 Å². The molecule has 1 aliphatic heterocycles. The molecule has 2 unspecified atom stereocenters. The van der Waals surface area contributed by atoms with Crippen LogP contribution in [0.1, 0.15) is 12.0 Å². The molecule has 3 nitrogen and oxygen atoms in total. The summed E-state index contributed by atoms with van der Waals surface area (Å²) in [6.07, 6.45) is 1.51. The topological polar surface area (TPSA) is 32.5 Å². The minimum Gasteiger partial charge on any atom is -0.327 e. The monoisotopic (exact) mass is 299 g/mol. The average Bonchev–Trinajstić information content (AvgIpc) is 2.39. The van der Waals surface area contributed by atoms with Gasteiger partial charge in [-0.1, -0.05) is 23.7 Å². The summed E-state index contributed by atoms with van der Waals surface area (Å²) in [4.78, 5) is 4.68. The van der Waals surface area contributed by atoms with Gasteiger partial charge in [0.05, 0.1) is 5.02 Å². The van der Waals surface area contributed by atoms with Gasteiger partial charge in [0.2, 0.25) is 0 Å². The first kappa shape index (κ1) is 15.7. The third kappa shape index (κ3) is 3.92. The Kier molecular flexibility index (Phi) is 5.38. The highest BCUT2D eigenvalue weighted by atomic mass is 35.5. The van der Waals surface area contributed by atoms with E-state index in [0.29, 0.717) is 12.5 Å². The van der Waals surface area contributed by atoms with E-state index in [2.05, 4.69) is 23.9 Å². The summed E-state index contributed by atoms with van der Waals surface area (Å²) in [5.41, 5.74) is 7.03. The van der Waals surface area contributed by atoms with Gasteiger partial charge in [0.25, 0.3) is 0 Å². The van der Waals surface area contributed by atoms with Gasteiger partial charge in [0.1, 0.15) is 5.82 Å². The standard InChI is InChI=1S/C15H23ClFN3/c1-19-6-7-20(2)13(10-19)9-12(18)8-11-4-3-5-14(17)15(11)16/h3-5,12-13H,6-10,18H2,1-2H3. The fourth-order valence-electron chi connectivity index (χ4n) is 2.78. The summed E-state index contributed by atoms with van der Waals surface area (Å²) in [5.74, 6) is -0.370. The SMILES string of the molecule is CN1CCN(C)C(CC(N)Cc2cccc(F)c2Cl)C1. The lowest BCUT2D eigenvalue weighted by atomic mass is 9.98. The molecule has 0 saturated carbocycles. The van der Waals surface area contributed by atoms with Crippen LogP contribution in [0.4, 0.5) is 4.39 Å². The van der Waals surface area contributed by atoms with Crippen LogP contribution in [0.3, 0.4) is 0 Å². The number of hydrogen-bond acceptors (Lipinski definition) is 3. The highest BCUT2D eigenvalue weighted by Crippen LogP contribution is 2.22. The van der Waals surface area contributed by atoms with E-state index in [1.165, 1.54) is 6.07 Å². The summed E-state index contributed by atoms with van der Waals surface area (Å²) in [6, 6.07) is 5.36. The van der Waals surface area contributed by atoms with Crippen molar-refractivity contribution in [3.8, 4) is 0 Å². The molecule has 1 heterocycles. The third-order valence-corrected chi connectivity index (χ3v) is 4.49. The van der Waals surface area contributed by atoms with Crippen molar-refractivity contribution >= 4 is 11.6 Å². The molecule has 2 N–H and O–H groups in total. The quantitative estimate of drug-likeness (QED) is 0.923. The van der Waals surface area contributed by atoms with Crippen molar-refractivity contribution in [2.24, 2.45) is 5.73 Å². The van der Waals surface area contributed by atoms with Crippen molar-refractivity contribution in [1.29, 1.82) is 0 Å². The second-order valence-electron chi connectivity index (χ2n) is 5.81. The number of piperazine rings is 1. The molecular weight excluding hydrogens is 277 g/mol. The predicted molar refractivity (Wildman–Crippen MR) is 81.6 cm³/mol. The molecule has 1 aromatic carbocycles. The zero-order valence-corrected chi connectivity index (χ0v) is 12.9. The molecule has 20 heavy (non-hydrogen) atoms. The lowest BCUT2D eigenvalue weighted by Gasteiger charge is -2.38. The number of rotatable bonds is 4. The lowest BCUT2D eigenvalue weighted by Crippen LogP contribution is -2.51. The summed E-state index contributed by atoms with van der Waals surface area (Å²) < 4.78 is 13.4. The Labute approximate surface area is 125 Å². The highest BCUT2D eigenvalue weighted by molar-refractivity contribution is 6.31. The van der Waals surface area contributed by atoms with E-state index in [9.17, 15) is 4.39 Å². The average molecular weight is 300 g/mol. The molecule has 2 rings (SSSR count). The molecule has 5 heteroatoms. The fraction of sp³-hybridized carbons (Fsp3) is 0.600. The fourth-order valence-corrected chi connectivity index (χ4v) is 2.98. The molecule has 0 spiro atoms. The molecule has 0 aliphatic carbocycles. The number of nitrogens with two attached hydrogens (primary N) is 1. The Balaban J connectivity index is 1.94. The van der Waals surface area contributed by atoms with Gasteiger partial charge in [0, 0.05) is 31.7 Å². The summed E-state index contributed by atoms with van der Waals surface area (Å²) >= 11 is 5.98. The largest absolute Gasteiger partial charge is 0.327 e. The van der Waals surface area contributed by atoms with E-state index in [0.717, 1.165) is 31.6 Å². The minimum absolute atomic E-state index is 0.00625. The first-order valence-electron chi connectivity index (χ1n) is 7.04. The number of likely N-dealkylation sites (N-methyl/N-ethyl adjacent to an activating group) is 2. The van der Waals surface area contributed by atoms with Crippen LogP contribution in [0.15, 0.2) is 18.2 Å². The molecule has 0 amide bonds. The molecule has 0 radical (unpaired) electrons. The lowest BCUT2D eigenvalue weighted by molar-refractivity contribution is 0.104. The molecule has 1 fully saturated rings. The van der Waals surface area contributed by atoms with E-state index in [4.69, 9.17) is 17.3 Å². The van der Waals surface area contributed by atoms with Gasteiger partial charge in [-0.3, -0.25) is 0 Å². The molecule has 0 bridgehead atoms. The van der Waals surface area contributed by atoms with Crippen molar-refractivity contribution < 1.29 is 4.39 Å². The van der Waals surface area contributed by atoms with Crippen LogP contribution in [0.2, 0.25) is 5.02 Å². The van der Waals surface area contributed by atoms with E-state index in [1.54, 1.807) is 6.07 Å². The van der Waals surface area contributed by atoms with E-state index < -0.39 is 0 Å².